The summed E-state index contributed by atoms with van der Waals surface area (Å²) in [5.74, 6) is 1.10. The predicted octanol–water partition coefficient (Wildman–Crippen LogP) is 3.70. The Morgan fingerprint density at radius 1 is 1.15 bits per heavy atom. The molecule has 0 spiro atoms. The molecule has 0 radical (unpaired) electrons. The maximum Gasteiger partial charge on any atom is 0.200 e. The number of hydrogen-bond acceptors (Lipinski definition) is 5. The van der Waals surface area contributed by atoms with Crippen molar-refractivity contribution in [1.29, 1.82) is 0 Å². The van der Waals surface area contributed by atoms with Gasteiger partial charge in [-0.3, -0.25) is 0 Å². The van der Waals surface area contributed by atoms with Gasteiger partial charge in [-0.1, -0.05) is 33.1 Å². The molecule has 1 unspecified atom stereocenters. The minimum Gasteiger partial charge on any atom is -0.382 e. The van der Waals surface area contributed by atoms with Gasteiger partial charge in [-0.05, 0) is 50.1 Å². The molecule has 2 aliphatic rings. The summed E-state index contributed by atoms with van der Waals surface area (Å²) in [4.78, 5) is 2.77. The van der Waals surface area contributed by atoms with E-state index in [9.17, 15) is 0 Å². The lowest BCUT2D eigenvalue weighted by molar-refractivity contribution is 0.102. The van der Waals surface area contributed by atoms with E-state index in [-0.39, 0.29) is 0 Å². The lowest BCUT2D eigenvalue weighted by atomic mass is 9.90. The highest BCUT2D eigenvalue weighted by Crippen LogP contribution is 2.28. The maximum absolute atomic E-state index is 4.61. The smallest absolute Gasteiger partial charge is 0.200 e. The first-order chi connectivity index (χ1) is 12.7. The fraction of sp³-hybridized carbons (Fsp3) is 0.750. The van der Waals surface area contributed by atoms with Crippen LogP contribution in [-0.2, 0) is 0 Å². The van der Waals surface area contributed by atoms with Crippen LogP contribution >= 0.6 is 0 Å². The van der Waals surface area contributed by atoms with Crippen LogP contribution in [0.2, 0.25) is 0 Å². The highest BCUT2D eigenvalue weighted by molar-refractivity contribution is 5.66. The number of nitrogens with one attached hydrogen (secondary N) is 1. The molecule has 2 aromatic rings. The monoisotopic (exact) mass is 356 g/mol. The van der Waals surface area contributed by atoms with Crippen molar-refractivity contribution in [2.45, 2.75) is 70.8 Å². The third kappa shape index (κ3) is 3.85. The zero-order valence-corrected chi connectivity index (χ0v) is 16.2. The fourth-order valence-corrected chi connectivity index (χ4v) is 4.55. The van der Waals surface area contributed by atoms with Gasteiger partial charge in [0.2, 0.25) is 5.65 Å². The Balaban J connectivity index is 1.42. The van der Waals surface area contributed by atoms with E-state index in [4.69, 9.17) is 0 Å². The number of hydrogen-bond donors (Lipinski definition) is 1. The van der Waals surface area contributed by atoms with E-state index in [2.05, 4.69) is 45.4 Å². The summed E-state index contributed by atoms with van der Waals surface area (Å²) in [6, 6.07) is 2.99. The Morgan fingerprint density at radius 3 is 2.81 bits per heavy atom. The van der Waals surface area contributed by atoms with E-state index in [0.717, 1.165) is 29.6 Å². The van der Waals surface area contributed by atoms with Crippen LogP contribution in [-0.4, -0.2) is 50.4 Å². The van der Waals surface area contributed by atoms with Crippen molar-refractivity contribution in [3.05, 3.63) is 18.1 Å². The van der Waals surface area contributed by atoms with Crippen LogP contribution in [0, 0.1) is 5.92 Å². The first-order valence-corrected chi connectivity index (χ1v) is 10.4. The Morgan fingerprint density at radius 2 is 2.00 bits per heavy atom. The van der Waals surface area contributed by atoms with Gasteiger partial charge in [0.25, 0.3) is 0 Å². The standard InChI is InChI=1S/C20H32N6/c1-15(2)18-11-19(20-23-22-14-26(20)24-18)21-12-16-7-6-10-25(13-16)17-8-4-3-5-9-17/h11,14-17,21H,3-10,12-13H2,1-2H3. The molecule has 0 bridgehead atoms. The van der Waals surface area contributed by atoms with Gasteiger partial charge in [0.1, 0.15) is 6.33 Å². The second-order valence-electron chi connectivity index (χ2n) is 8.41. The Kier molecular flexibility index (Phi) is 5.38. The molecule has 1 aliphatic heterocycles. The molecule has 2 fully saturated rings. The molecule has 2 aromatic heterocycles. The predicted molar refractivity (Wildman–Crippen MR) is 105 cm³/mol. The second-order valence-corrected chi connectivity index (χ2v) is 8.41. The average molecular weight is 357 g/mol. The van der Waals surface area contributed by atoms with Crippen LogP contribution in [0.4, 0.5) is 5.69 Å². The maximum atomic E-state index is 4.61. The van der Waals surface area contributed by atoms with Crippen LogP contribution in [0.3, 0.4) is 0 Å². The number of anilines is 1. The van der Waals surface area contributed by atoms with Crippen LogP contribution in [0.1, 0.15) is 70.4 Å². The molecule has 4 rings (SSSR count). The van der Waals surface area contributed by atoms with Crippen molar-refractivity contribution in [2.75, 3.05) is 25.0 Å². The van der Waals surface area contributed by atoms with Crippen molar-refractivity contribution in [3.63, 3.8) is 0 Å². The van der Waals surface area contributed by atoms with Gasteiger partial charge in [0.15, 0.2) is 0 Å². The van der Waals surface area contributed by atoms with Gasteiger partial charge in [0, 0.05) is 19.1 Å². The lowest BCUT2D eigenvalue weighted by Gasteiger charge is -2.40. The van der Waals surface area contributed by atoms with Crippen LogP contribution in [0.25, 0.3) is 5.65 Å². The molecule has 6 heteroatoms. The minimum atomic E-state index is 0.388. The largest absolute Gasteiger partial charge is 0.382 e. The fourth-order valence-electron chi connectivity index (χ4n) is 4.55. The number of likely N-dealkylation sites (tertiary alicyclic amines) is 1. The molecule has 1 N–H and O–H groups in total. The van der Waals surface area contributed by atoms with Gasteiger partial charge in [-0.25, -0.2) is 0 Å². The number of aromatic nitrogens is 4. The first kappa shape index (κ1) is 17.7. The molecule has 1 aliphatic carbocycles. The topological polar surface area (TPSA) is 58.3 Å². The first-order valence-electron chi connectivity index (χ1n) is 10.4. The molecule has 0 amide bonds. The highest BCUT2D eigenvalue weighted by atomic mass is 15.3. The average Bonchev–Trinajstić information content (AvgIpc) is 3.16. The third-order valence-corrected chi connectivity index (χ3v) is 6.10. The molecule has 3 heterocycles. The summed E-state index contributed by atoms with van der Waals surface area (Å²) >= 11 is 0. The highest BCUT2D eigenvalue weighted by Gasteiger charge is 2.27. The van der Waals surface area contributed by atoms with Crippen molar-refractivity contribution in [2.24, 2.45) is 5.92 Å². The van der Waals surface area contributed by atoms with Gasteiger partial charge in [-0.15, -0.1) is 10.2 Å². The van der Waals surface area contributed by atoms with Crippen LogP contribution in [0.5, 0.6) is 0 Å². The summed E-state index contributed by atoms with van der Waals surface area (Å²) in [5, 5.41) is 16.6. The van der Waals surface area contributed by atoms with Crippen molar-refractivity contribution in [1.82, 2.24) is 24.7 Å². The van der Waals surface area contributed by atoms with Gasteiger partial charge in [0.05, 0.1) is 11.4 Å². The summed E-state index contributed by atoms with van der Waals surface area (Å²) in [6.07, 6.45) is 11.4. The van der Waals surface area contributed by atoms with Crippen molar-refractivity contribution in [3.8, 4) is 0 Å². The molecule has 1 atom stereocenters. The summed E-state index contributed by atoms with van der Waals surface area (Å²) in [6.45, 7) is 7.88. The summed E-state index contributed by atoms with van der Waals surface area (Å²) in [7, 11) is 0. The van der Waals surface area contributed by atoms with Crippen LogP contribution < -0.4 is 5.32 Å². The van der Waals surface area contributed by atoms with Crippen LogP contribution in [0.15, 0.2) is 12.4 Å². The number of rotatable bonds is 5. The molecular weight excluding hydrogens is 324 g/mol. The van der Waals surface area contributed by atoms with E-state index in [0.29, 0.717) is 11.8 Å². The molecular formula is C20H32N6. The molecule has 0 aromatic carbocycles. The van der Waals surface area contributed by atoms with E-state index in [1.54, 1.807) is 10.8 Å². The van der Waals surface area contributed by atoms with Gasteiger partial charge < -0.3 is 10.2 Å². The SMILES string of the molecule is CC(C)c1cc(NCC2CCCN(C3CCCCC3)C2)c2nncn2n1. The number of fused-ring (bicyclic) bond motifs is 1. The summed E-state index contributed by atoms with van der Waals surface area (Å²) < 4.78 is 1.80. The van der Waals surface area contributed by atoms with E-state index < -0.39 is 0 Å². The minimum absolute atomic E-state index is 0.388. The zero-order chi connectivity index (χ0) is 17.9. The van der Waals surface area contributed by atoms with Crippen molar-refractivity contribution >= 4 is 11.3 Å². The normalized spacial score (nSPS) is 23.0. The molecule has 1 saturated carbocycles. The number of nitrogens with zero attached hydrogens (tertiary/aromatic N) is 5. The molecule has 142 valence electrons. The van der Waals surface area contributed by atoms with Gasteiger partial charge in [-0.2, -0.15) is 9.61 Å². The molecule has 26 heavy (non-hydrogen) atoms. The quantitative estimate of drug-likeness (QED) is 0.885. The second kappa shape index (κ2) is 7.91. The zero-order valence-electron chi connectivity index (χ0n) is 16.2. The number of piperidine rings is 1. The Hall–Kier alpha value is -1.69. The van der Waals surface area contributed by atoms with E-state index >= 15 is 0 Å². The Labute approximate surface area is 156 Å². The summed E-state index contributed by atoms with van der Waals surface area (Å²) in [5.41, 5.74) is 2.97. The van der Waals surface area contributed by atoms with Crippen molar-refractivity contribution < 1.29 is 0 Å². The Bertz CT molecular complexity index is 718. The van der Waals surface area contributed by atoms with E-state index in [1.165, 1.54) is 58.0 Å². The lowest BCUT2D eigenvalue weighted by Crippen LogP contribution is -2.45. The molecule has 6 nitrogen and oxygen atoms in total. The van der Waals surface area contributed by atoms with Gasteiger partial charge >= 0.3 is 0 Å². The van der Waals surface area contributed by atoms with E-state index in [1.807, 2.05) is 0 Å². The third-order valence-electron chi connectivity index (χ3n) is 6.10. The molecule has 1 saturated heterocycles.